The number of rotatable bonds is 2. The summed E-state index contributed by atoms with van der Waals surface area (Å²) in [6.07, 6.45) is 3.13. The van der Waals surface area contributed by atoms with E-state index < -0.39 is 26.8 Å². The van der Waals surface area contributed by atoms with Crippen molar-refractivity contribution < 1.29 is 26.7 Å². The molecule has 4 saturated carbocycles. The smallest absolute Gasteiger partial charge is 0.518 e. The summed E-state index contributed by atoms with van der Waals surface area (Å²) in [7, 11) is -5.69. The van der Waals surface area contributed by atoms with Crippen molar-refractivity contribution in [1.82, 2.24) is 0 Å². The number of sulfonamides is 1. The average molecular weight is 294 g/mol. The topological polar surface area (TPSA) is 69.6 Å². The molecule has 4 fully saturated rings. The molecule has 1 spiro atoms. The van der Waals surface area contributed by atoms with Crippen LogP contribution in [0, 0.1) is 28.6 Å². The first-order valence-electron chi connectivity index (χ1n) is 6.24. The Morgan fingerprint density at radius 1 is 1.16 bits per heavy atom. The largest absolute Gasteiger partial charge is 0.861 e. The van der Waals surface area contributed by atoms with Crippen molar-refractivity contribution >= 4 is 15.9 Å². The lowest BCUT2D eigenvalue weighted by atomic mass is 9.13. The molecule has 4 aliphatic rings. The van der Waals surface area contributed by atoms with Gasteiger partial charge in [0, 0.05) is 5.41 Å². The second-order valence-corrected chi connectivity index (χ2v) is 7.90. The fourth-order valence-corrected chi connectivity index (χ4v) is 6.04. The van der Waals surface area contributed by atoms with Gasteiger partial charge >= 0.3 is 15.5 Å². The molecular formula is C11H11F3NO3S-. The van der Waals surface area contributed by atoms with E-state index in [0.29, 0.717) is 30.6 Å². The highest BCUT2D eigenvalue weighted by atomic mass is 32.2. The van der Waals surface area contributed by atoms with Crippen LogP contribution < -0.4 is 5.11 Å². The summed E-state index contributed by atoms with van der Waals surface area (Å²) in [5.74, 6) is 0.190. The van der Waals surface area contributed by atoms with Crippen LogP contribution in [-0.4, -0.2) is 19.8 Å². The van der Waals surface area contributed by atoms with E-state index in [-0.39, 0.29) is 5.41 Å². The van der Waals surface area contributed by atoms with Crippen LogP contribution in [0.25, 0.3) is 0 Å². The van der Waals surface area contributed by atoms with Gasteiger partial charge < -0.3 is 5.11 Å². The summed E-state index contributed by atoms with van der Waals surface area (Å²) in [4.78, 5) is 0. The average Bonchev–Trinajstić information content (AvgIpc) is 2.09. The second-order valence-electron chi connectivity index (χ2n) is 6.30. The zero-order valence-corrected chi connectivity index (χ0v) is 10.6. The lowest BCUT2D eigenvalue weighted by Crippen LogP contribution is -2.88. The van der Waals surface area contributed by atoms with Crippen LogP contribution in [0.4, 0.5) is 13.2 Å². The third kappa shape index (κ3) is 0.966. The van der Waals surface area contributed by atoms with Crippen LogP contribution in [-0.2, 0) is 10.0 Å². The molecule has 0 heterocycles. The quantitative estimate of drug-likeness (QED) is 0.564. The summed E-state index contributed by atoms with van der Waals surface area (Å²) in [6.45, 7) is 0. The van der Waals surface area contributed by atoms with Crippen LogP contribution in [0.2, 0.25) is 0 Å². The maximum atomic E-state index is 12.3. The van der Waals surface area contributed by atoms with E-state index in [4.69, 9.17) is 0 Å². The molecule has 4 rings (SSSR count). The Labute approximate surface area is 107 Å². The van der Waals surface area contributed by atoms with E-state index >= 15 is 0 Å². The Hall–Kier alpha value is -0.790. The maximum absolute atomic E-state index is 12.3. The molecule has 0 aromatic heterocycles. The Morgan fingerprint density at radius 2 is 1.68 bits per heavy atom. The molecule has 0 radical (unpaired) electrons. The Morgan fingerprint density at radius 3 is 2.05 bits per heavy atom. The molecule has 0 N–H and O–H groups in total. The highest BCUT2D eigenvalue weighted by Gasteiger charge is 2.87. The first-order chi connectivity index (χ1) is 8.65. The SMILES string of the molecule is O=S(=O)(N=C([O-])C12CC3CC4CC(C1)C432)C(F)(F)F. The monoisotopic (exact) mass is 294 g/mol. The van der Waals surface area contributed by atoms with E-state index in [9.17, 15) is 26.7 Å². The predicted octanol–water partition coefficient (Wildman–Crippen LogP) is 1.03. The molecule has 2 unspecified atom stereocenters. The van der Waals surface area contributed by atoms with Gasteiger partial charge in [0.25, 0.3) is 0 Å². The van der Waals surface area contributed by atoms with Crippen LogP contribution in [0.1, 0.15) is 25.7 Å². The molecule has 0 amide bonds. The first kappa shape index (κ1) is 12.0. The molecule has 0 aromatic rings. The van der Waals surface area contributed by atoms with Crippen molar-refractivity contribution in [3.8, 4) is 0 Å². The van der Waals surface area contributed by atoms with E-state index in [2.05, 4.69) is 4.40 Å². The van der Waals surface area contributed by atoms with Crippen LogP contribution in [0.5, 0.6) is 0 Å². The Kier molecular flexibility index (Phi) is 1.76. The van der Waals surface area contributed by atoms with Gasteiger partial charge in [-0.3, -0.25) is 0 Å². The van der Waals surface area contributed by atoms with Gasteiger partial charge in [0.2, 0.25) is 0 Å². The van der Waals surface area contributed by atoms with Gasteiger partial charge in [0.1, 0.15) is 0 Å². The molecule has 8 heteroatoms. The number of alkyl halides is 3. The maximum Gasteiger partial charge on any atom is 0.518 e. The molecule has 106 valence electrons. The standard InChI is InChI=1S/C11H12F3NO3S/c12-11(13,14)19(17,18)15-8(16)9-3-6-1-5-2-7(4-9)10(5,6)9/h5-7H,1-4H2,(H,15,16)/p-1. The third-order valence-electron chi connectivity index (χ3n) is 6.09. The van der Waals surface area contributed by atoms with Gasteiger partial charge in [-0.25, -0.2) is 0 Å². The van der Waals surface area contributed by atoms with Crippen molar-refractivity contribution in [2.75, 3.05) is 0 Å². The van der Waals surface area contributed by atoms with Gasteiger partial charge in [-0.05, 0) is 54.7 Å². The van der Waals surface area contributed by atoms with E-state index in [1.807, 2.05) is 0 Å². The van der Waals surface area contributed by atoms with Gasteiger partial charge in [-0.15, -0.1) is 0 Å². The molecule has 0 bridgehead atoms. The van der Waals surface area contributed by atoms with Crippen LogP contribution in [0.3, 0.4) is 0 Å². The minimum Gasteiger partial charge on any atom is -0.861 e. The molecule has 4 nitrogen and oxygen atoms in total. The van der Waals surface area contributed by atoms with Crippen molar-refractivity contribution in [2.24, 2.45) is 33.0 Å². The van der Waals surface area contributed by atoms with Crippen molar-refractivity contribution in [3.05, 3.63) is 0 Å². The molecule has 0 aliphatic heterocycles. The number of hydrogen-bond acceptors (Lipinski definition) is 3. The van der Waals surface area contributed by atoms with Gasteiger partial charge in [0.05, 0.1) is 0 Å². The second kappa shape index (κ2) is 2.80. The molecule has 4 aliphatic carbocycles. The summed E-state index contributed by atoms with van der Waals surface area (Å²) in [5.41, 5.74) is -6.52. The summed E-state index contributed by atoms with van der Waals surface area (Å²) in [5, 5.41) is 12.0. The van der Waals surface area contributed by atoms with Crippen molar-refractivity contribution in [2.45, 2.75) is 31.2 Å². The zero-order valence-electron chi connectivity index (χ0n) is 9.77. The van der Waals surface area contributed by atoms with E-state index in [0.717, 1.165) is 12.8 Å². The predicted molar refractivity (Wildman–Crippen MR) is 56.2 cm³/mol. The van der Waals surface area contributed by atoms with Gasteiger partial charge in [0.15, 0.2) is 0 Å². The molecule has 2 atom stereocenters. The Bertz CT molecular complexity index is 584. The van der Waals surface area contributed by atoms with Gasteiger partial charge in [-0.2, -0.15) is 26.0 Å². The van der Waals surface area contributed by atoms with Crippen molar-refractivity contribution in [3.63, 3.8) is 0 Å². The van der Waals surface area contributed by atoms with Crippen molar-refractivity contribution in [1.29, 1.82) is 0 Å². The molecule has 19 heavy (non-hydrogen) atoms. The number of hydrogen-bond donors (Lipinski definition) is 0. The third-order valence-corrected chi connectivity index (χ3v) is 7.08. The fraction of sp³-hybridized carbons (Fsp3) is 0.909. The Balaban J connectivity index is 1.68. The minimum atomic E-state index is -5.69. The zero-order chi connectivity index (χ0) is 13.8. The lowest BCUT2D eigenvalue weighted by molar-refractivity contribution is -0.425. The highest BCUT2D eigenvalue weighted by Crippen LogP contribution is 2.92. The minimum absolute atomic E-state index is 0.158. The molecule has 0 saturated heterocycles. The molecule has 0 aromatic carbocycles. The normalized spacial score (nSPS) is 50.9. The highest BCUT2D eigenvalue weighted by molar-refractivity contribution is 7.91. The summed E-state index contributed by atoms with van der Waals surface area (Å²) < 4.78 is 61.3. The number of nitrogens with zero attached hydrogens (tertiary/aromatic N) is 1. The lowest BCUT2D eigenvalue weighted by Gasteiger charge is -2.92. The summed E-state index contributed by atoms with van der Waals surface area (Å²) >= 11 is 0. The fourth-order valence-electron chi connectivity index (χ4n) is 5.54. The van der Waals surface area contributed by atoms with E-state index in [1.54, 1.807) is 0 Å². The summed E-state index contributed by atoms with van der Waals surface area (Å²) in [6, 6.07) is 0. The van der Waals surface area contributed by atoms with Crippen LogP contribution in [0.15, 0.2) is 4.40 Å². The van der Waals surface area contributed by atoms with Crippen LogP contribution >= 0.6 is 0 Å². The number of halogens is 3. The van der Waals surface area contributed by atoms with E-state index in [1.165, 1.54) is 0 Å². The molecular weight excluding hydrogens is 283 g/mol. The first-order valence-corrected chi connectivity index (χ1v) is 7.68. The van der Waals surface area contributed by atoms with Gasteiger partial charge in [-0.1, -0.05) is 0 Å².